The van der Waals surface area contributed by atoms with Crippen LogP contribution in [0.5, 0.6) is 0 Å². The molecule has 0 saturated heterocycles. The first kappa shape index (κ1) is 20.2. The number of amides is 2. The van der Waals surface area contributed by atoms with Gasteiger partial charge >= 0.3 is 0 Å². The van der Waals surface area contributed by atoms with Crippen molar-refractivity contribution in [3.63, 3.8) is 0 Å². The van der Waals surface area contributed by atoms with Crippen molar-refractivity contribution < 1.29 is 14.1 Å². The van der Waals surface area contributed by atoms with Crippen LogP contribution in [0.1, 0.15) is 42.6 Å². The predicted molar refractivity (Wildman–Crippen MR) is 107 cm³/mol. The maximum atomic E-state index is 12.2. The summed E-state index contributed by atoms with van der Waals surface area (Å²) >= 11 is 0. The first-order valence-corrected chi connectivity index (χ1v) is 9.21. The maximum absolute atomic E-state index is 12.2. The molecule has 0 atom stereocenters. The number of hydrogen-bond acceptors (Lipinski definition) is 6. The summed E-state index contributed by atoms with van der Waals surface area (Å²) in [6, 6.07) is 10.9. The number of pyridine rings is 1. The molecular formula is C21H23N5O3. The monoisotopic (exact) mass is 393 g/mol. The molecule has 2 heterocycles. The van der Waals surface area contributed by atoms with Crippen molar-refractivity contribution in [1.29, 1.82) is 0 Å². The molecule has 8 nitrogen and oxygen atoms in total. The second-order valence-corrected chi connectivity index (χ2v) is 7.53. The molecule has 3 aromatic rings. The molecule has 8 heteroatoms. The van der Waals surface area contributed by atoms with Gasteiger partial charge in [0.15, 0.2) is 0 Å². The molecule has 2 aromatic heterocycles. The molecule has 0 radical (unpaired) electrons. The Morgan fingerprint density at radius 2 is 1.69 bits per heavy atom. The van der Waals surface area contributed by atoms with Gasteiger partial charge in [0.1, 0.15) is 0 Å². The lowest BCUT2D eigenvalue weighted by Crippen LogP contribution is -2.36. The van der Waals surface area contributed by atoms with Crippen molar-refractivity contribution in [1.82, 2.24) is 25.8 Å². The highest BCUT2D eigenvalue weighted by molar-refractivity contribution is 5.96. The standard InChI is InChI=1S/C21H23N5O3/c1-21(2,3)16-6-4-15(5-7-16)20(28)24-12-17(27)23-13-18-25-19(26-29-18)14-8-10-22-11-9-14/h4-11H,12-13H2,1-3H3,(H,23,27)(H,24,28). The molecule has 0 aliphatic carbocycles. The van der Waals surface area contributed by atoms with Gasteiger partial charge in [0.2, 0.25) is 17.6 Å². The third-order valence-electron chi connectivity index (χ3n) is 4.27. The summed E-state index contributed by atoms with van der Waals surface area (Å²) in [5.74, 6) is 0.0320. The van der Waals surface area contributed by atoms with Gasteiger partial charge in [0, 0.05) is 23.5 Å². The van der Waals surface area contributed by atoms with Crippen molar-refractivity contribution in [2.24, 2.45) is 0 Å². The second-order valence-electron chi connectivity index (χ2n) is 7.53. The SMILES string of the molecule is CC(C)(C)c1ccc(C(=O)NCC(=O)NCc2nc(-c3ccncc3)no2)cc1. The van der Waals surface area contributed by atoms with E-state index in [1.165, 1.54) is 0 Å². The highest BCUT2D eigenvalue weighted by Gasteiger charge is 2.15. The summed E-state index contributed by atoms with van der Waals surface area (Å²) in [4.78, 5) is 32.3. The predicted octanol–water partition coefficient (Wildman–Crippen LogP) is 2.48. The van der Waals surface area contributed by atoms with Crippen molar-refractivity contribution in [2.45, 2.75) is 32.7 Å². The van der Waals surface area contributed by atoms with Gasteiger partial charge in [0.25, 0.3) is 5.91 Å². The lowest BCUT2D eigenvalue weighted by molar-refractivity contribution is -0.120. The molecule has 3 rings (SSSR count). The minimum Gasteiger partial charge on any atom is -0.345 e. The highest BCUT2D eigenvalue weighted by Crippen LogP contribution is 2.22. The molecule has 1 aromatic carbocycles. The van der Waals surface area contributed by atoms with E-state index in [9.17, 15) is 9.59 Å². The van der Waals surface area contributed by atoms with E-state index in [1.54, 1.807) is 36.7 Å². The first-order valence-electron chi connectivity index (χ1n) is 9.21. The summed E-state index contributed by atoms with van der Waals surface area (Å²) in [6.07, 6.45) is 3.26. The molecule has 2 N–H and O–H groups in total. The Bertz CT molecular complexity index is 976. The lowest BCUT2D eigenvalue weighted by atomic mass is 9.87. The van der Waals surface area contributed by atoms with E-state index in [1.807, 2.05) is 12.1 Å². The van der Waals surface area contributed by atoms with E-state index >= 15 is 0 Å². The molecule has 0 aliphatic heterocycles. The quantitative estimate of drug-likeness (QED) is 0.666. The Kier molecular flexibility index (Phi) is 6.01. The minimum atomic E-state index is -0.353. The number of hydrogen-bond donors (Lipinski definition) is 2. The van der Waals surface area contributed by atoms with E-state index in [-0.39, 0.29) is 36.2 Å². The fourth-order valence-corrected chi connectivity index (χ4v) is 2.57. The summed E-state index contributed by atoms with van der Waals surface area (Å²) in [5.41, 5.74) is 2.43. The van der Waals surface area contributed by atoms with Gasteiger partial charge in [-0.1, -0.05) is 38.1 Å². The molecule has 0 unspecified atom stereocenters. The van der Waals surface area contributed by atoms with Crippen LogP contribution in [-0.2, 0) is 16.8 Å². The summed E-state index contributed by atoms with van der Waals surface area (Å²) in [7, 11) is 0. The van der Waals surface area contributed by atoms with Crippen LogP contribution in [0.25, 0.3) is 11.4 Å². The second kappa shape index (κ2) is 8.64. The molecule has 0 bridgehead atoms. The number of benzene rings is 1. The van der Waals surface area contributed by atoms with Crippen LogP contribution < -0.4 is 10.6 Å². The highest BCUT2D eigenvalue weighted by atomic mass is 16.5. The number of carbonyl (C=O) groups excluding carboxylic acids is 2. The maximum Gasteiger partial charge on any atom is 0.251 e. The molecule has 29 heavy (non-hydrogen) atoms. The van der Waals surface area contributed by atoms with Crippen LogP contribution in [0.3, 0.4) is 0 Å². The number of nitrogens with one attached hydrogen (secondary N) is 2. The first-order chi connectivity index (χ1) is 13.8. The molecule has 0 aliphatic rings. The largest absolute Gasteiger partial charge is 0.345 e. The van der Waals surface area contributed by atoms with E-state index in [2.05, 4.69) is 46.5 Å². The van der Waals surface area contributed by atoms with E-state index < -0.39 is 0 Å². The van der Waals surface area contributed by atoms with E-state index in [0.717, 1.165) is 11.1 Å². The van der Waals surface area contributed by atoms with Crippen LogP contribution in [0, 0.1) is 0 Å². The molecule has 2 amide bonds. The van der Waals surface area contributed by atoms with Gasteiger partial charge in [-0.25, -0.2) is 0 Å². The van der Waals surface area contributed by atoms with Gasteiger partial charge in [-0.05, 0) is 35.2 Å². The average molecular weight is 393 g/mol. The lowest BCUT2D eigenvalue weighted by Gasteiger charge is -2.19. The molecule has 150 valence electrons. The molecular weight excluding hydrogens is 370 g/mol. The zero-order valence-corrected chi connectivity index (χ0v) is 16.6. The van der Waals surface area contributed by atoms with Crippen LogP contribution in [-0.4, -0.2) is 33.5 Å². The summed E-state index contributed by atoms with van der Waals surface area (Å²) < 4.78 is 5.12. The van der Waals surface area contributed by atoms with Crippen LogP contribution in [0.4, 0.5) is 0 Å². The van der Waals surface area contributed by atoms with Crippen molar-refractivity contribution in [2.75, 3.05) is 6.54 Å². The normalized spacial score (nSPS) is 11.1. The van der Waals surface area contributed by atoms with Gasteiger partial charge in [-0.15, -0.1) is 0 Å². The van der Waals surface area contributed by atoms with Crippen molar-refractivity contribution in [3.8, 4) is 11.4 Å². The van der Waals surface area contributed by atoms with Crippen LogP contribution >= 0.6 is 0 Å². The minimum absolute atomic E-state index is 0.0148. The molecule has 0 saturated carbocycles. The molecule has 0 fully saturated rings. The van der Waals surface area contributed by atoms with Gasteiger partial charge in [-0.2, -0.15) is 4.98 Å². The van der Waals surface area contributed by atoms with Crippen LogP contribution in [0.2, 0.25) is 0 Å². The third kappa shape index (κ3) is 5.47. The Balaban J connectivity index is 1.46. The Labute approximate surface area is 168 Å². The summed E-state index contributed by atoms with van der Waals surface area (Å²) in [6.45, 7) is 6.25. The molecule has 0 spiro atoms. The fraction of sp³-hybridized carbons (Fsp3) is 0.286. The van der Waals surface area contributed by atoms with E-state index in [0.29, 0.717) is 11.4 Å². The summed E-state index contributed by atoms with van der Waals surface area (Å²) in [5, 5.41) is 9.10. The number of carbonyl (C=O) groups is 2. The van der Waals surface area contributed by atoms with E-state index in [4.69, 9.17) is 4.52 Å². The number of nitrogens with zero attached hydrogens (tertiary/aromatic N) is 3. The number of rotatable bonds is 6. The Morgan fingerprint density at radius 1 is 1.00 bits per heavy atom. The Morgan fingerprint density at radius 3 is 2.34 bits per heavy atom. The number of aromatic nitrogens is 3. The van der Waals surface area contributed by atoms with Crippen molar-refractivity contribution >= 4 is 11.8 Å². The zero-order valence-electron chi connectivity index (χ0n) is 16.6. The van der Waals surface area contributed by atoms with Gasteiger partial charge < -0.3 is 15.2 Å². The van der Waals surface area contributed by atoms with Gasteiger partial charge in [-0.3, -0.25) is 14.6 Å². The van der Waals surface area contributed by atoms with Gasteiger partial charge in [0.05, 0.1) is 13.1 Å². The average Bonchev–Trinajstić information content (AvgIpc) is 3.20. The topological polar surface area (TPSA) is 110 Å². The fourth-order valence-electron chi connectivity index (χ4n) is 2.57. The smallest absolute Gasteiger partial charge is 0.251 e. The van der Waals surface area contributed by atoms with Crippen molar-refractivity contribution in [3.05, 3.63) is 65.8 Å². The van der Waals surface area contributed by atoms with Crippen LogP contribution in [0.15, 0.2) is 53.3 Å². The Hall–Kier alpha value is -3.55. The third-order valence-corrected chi connectivity index (χ3v) is 4.27. The zero-order chi connectivity index (χ0) is 20.9.